The van der Waals surface area contributed by atoms with Crippen molar-refractivity contribution in [3.8, 4) is 11.1 Å². The van der Waals surface area contributed by atoms with E-state index in [1.807, 2.05) is 89.8 Å². The van der Waals surface area contributed by atoms with Crippen LogP contribution in [0, 0.1) is 0 Å². The summed E-state index contributed by atoms with van der Waals surface area (Å²) in [6.07, 6.45) is -7.77. The fourth-order valence-electron chi connectivity index (χ4n) is 9.17. The van der Waals surface area contributed by atoms with Crippen molar-refractivity contribution >= 4 is 6.09 Å². The van der Waals surface area contributed by atoms with Crippen LogP contribution in [0.1, 0.15) is 72.9 Å². The van der Waals surface area contributed by atoms with Crippen LogP contribution in [0.4, 0.5) is 4.79 Å². The first-order valence-electron chi connectivity index (χ1n) is 21.1. The normalized spacial score (nSPS) is 27.6. The van der Waals surface area contributed by atoms with Gasteiger partial charge >= 0.3 is 6.09 Å². The molecule has 60 heavy (non-hydrogen) atoms. The lowest BCUT2D eigenvalue weighted by Crippen LogP contribution is -2.57. The number of hydrogen-bond acceptors (Lipinski definition) is 12. The van der Waals surface area contributed by atoms with Crippen molar-refractivity contribution in [1.29, 1.82) is 0 Å². The van der Waals surface area contributed by atoms with Crippen LogP contribution < -0.4 is 5.32 Å². The summed E-state index contributed by atoms with van der Waals surface area (Å²) in [5.41, 5.74) is 6.11. The zero-order chi connectivity index (χ0) is 41.6. The highest BCUT2D eigenvalue weighted by Gasteiger charge is 2.42. The number of aliphatic hydroxyl groups excluding tert-OH is 5. The van der Waals surface area contributed by atoms with Crippen LogP contribution in [0.15, 0.2) is 109 Å². The highest BCUT2D eigenvalue weighted by molar-refractivity contribution is 5.79. The van der Waals surface area contributed by atoms with Gasteiger partial charge in [-0.3, -0.25) is 4.90 Å². The van der Waals surface area contributed by atoms with Gasteiger partial charge in [0.2, 0.25) is 0 Å². The summed E-state index contributed by atoms with van der Waals surface area (Å²) in [5, 5.41) is 59.9. The molecule has 8 rings (SSSR count). The predicted molar refractivity (Wildman–Crippen MR) is 220 cm³/mol. The van der Waals surface area contributed by atoms with Crippen molar-refractivity contribution in [3.05, 3.63) is 131 Å². The molecular formula is C47H56N2O11. The van der Waals surface area contributed by atoms with E-state index in [1.54, 1.807) is 0 Å². The first-order chi connectivity index (χ1) is 29.2. The van der Waals surface area contributed by atoms with E-state index >= 15 is 0 Å². The van der Waals surface area contributed by atoms with Gasteiger partial charge in [0.25, 0.3) is 0 Å². The Labute approximate surface area is 350 Å². The van der Waals surface area contributed by atoms with E-state index in [2.05, 4.69) is 29.6 Å². The Balaban J connectivity index is 0.902. The zero-order valence-electron chi connectivity index (χ0n) is 33.5. The number of alkyl carbamates (subject to hydrolysis) is 1. The maximum Gasteiger partial charge on any atom is 0.407 e. The second-order valence-electron chi connectivity index (χ2n) is 16.4. The third-order valence-electron chi connectivity index (χ3n) is 12.4. The molecule has 6 N–H and O–H groups in total. The van der Waals surface area contributed by atoms with Crippen LogP contribution >= 0.6 is 0 Å². The van der Waals surface area contributed by atoms with Crippen LogP contribution in [0.25, 0.3) is 11.1 Å². The number of fused-ring (bicyclic) bond motifs is 3. The molecule has 0 bridgehead atoms. The smallest absolute Gasteiger partial charge is 0.407 e. The molecule has 4 aliphatic rings. The number of ether oxygens (including phenoxy) is 5. The number of aliphatic hydroxyl groups is 5. The second-order valence-corrected chi connectivity index (χ2v) is 16.4. The molecule has 3 unspecified atom stereocenters. The van der Waals surface area contributed by atoms with Crippen LogP contribution in [0.2, 0.25) is 0 Å². The summed E-state index contributed by atoms with van der Waals surface area (Å²) in [5.74, 6) is -0.0522. The van der Waals surface area contributed by atoms with Crippen molar-refractivity contribution in [2.24, 2.45) is 0 Å². The number of hydrogen-bond donors (Lipinski definition) is 6. The first kappa shape index (κ1) is 42.4. The lowest BCUT2D eigenvalue weighted by Gasteiger charge is -2.42. The van der Waals surface area contributed by atoms with Crippen molar-refractivity contribution < 1.29 is 54.0 Å². The minimum atomic E-state index is -1.50. The van der Waals surface area contributed by atoms with Gasteiger partial charge in [0.15, 0.2) is 12.6 Å². The Kier molecular flexibility index (Phi) is 13.9. The monoisotopic (exact) mass is 824 g/mol. The Morgan fingerprint density at radius 3 is 1.85 bits per heavy atom. The molecule has 2 saturated heterocycles. The quantitative estimate of drug-likeness (QED) is 0.105. The van der Waals surface area contributed by atoms with Crippen molar-refractivity contribution in [2.45, 2.75) is 105 Å². The van der Waals surface area contributed by atoms with Crippen molar-refractivity contribution in [2.75, 3.05) is 32.9 Å². The fourth-order valence-corrected chi connectivity index (χ4v) is 9.17. The summed E-state index contributed by atoms with van der Waals surface area (Å²) in [6, 6.07) is 34.6. The zero-order valence-corrected chi connectivity index (χ0v) is 33.5. The van der Waals surface area contributed by atoms with E-state index < -0.39 is 61.4 Å². The largest absolute Gasteiger partial charge is 0.449 e. The molecule has 2 aliphatic heterocycles. The summed E-state index contributed by atoms with van der Waals surface area (Å²) in [6.45, 7) is 0.314. The molecule has 13 heteroatoms. The van der Waals surface area contributed by atoms with Gasteiger partial charge in [-0.25, -0.2) is 4.79 Å². The van der Waals surface area contributed by atoms with E-state index in [4.69, 9.17) is 23.7 Å². The summed E-state index contributed by atoms with van der Waals surface area (Å²) in [4.78, 5) is 15.1. The van der Waals surface area contributed by atoms with Gasteiger partial charge in [-0.1, -0.05) is 109 Å². The molecule has 13 nitrogen and oxygen atoms in total. The Morgan fingerprint density at radius 1 is 0.683 bits per heavy atom. The molecule has 0 spiro atoms. The minimum absolute atomic E-state index is 0.0410. The van der Waals surface area contributed by atoms with Gasteiger partial charge < -0.3 is 54.5 Å². The Morgan fingerprint density at radius 2 is 1.23 bits per heavy atom. The molecule has 2 aliphatic carbocycles. The number of nitrogens with zero attached hydrogens (tertiary/aromatic N) is 1. The molecule has 2 heterocycles. The topological polar surface area (TPSA) is 180 Å². The Bertz CT molecular complexity index is 1940. The summed E-state index contributed by atoms with van der Waals surface area (Å²) < 4.78 is 29.5. The first-order valence-corrected chi connectivity index (χ1v) is 21.1. The molecule has 1 amide bonds. The third-order valence-corrected chi connectivity index (χ3v) is 12.4. The van der Waals surface area contributed by atoms with Gasteiger partial charge in [-0.2, -0.15) is 0 Å². The Hall–Kier alpha value is -4.25. The van der Waals surface area contributed by atoms with Gasteiger partial charge in [0.05, 0.1) is 31.5 Å². The van der Waals surface area contributed by atoms with E-state index in [-0.39, 0.29) is 44.3 Å². The van der Waals surface area contributed by atoms with Crippen LogP contribution in [-0.4, -0.2) is 124 Å². The average Bonchev–Trinajstić information content (AvgIpc) is 3.62. The van der Waals surface area contributed by atoms with Gasteiger partial charge in [0, 0.05) is 42.2 Å². The second kappa shape index (κ2) is 19.6. The highest BCUT2D eigenvalue weighted by atomic mass is 16.7. The SMILES string of the molecule is O=C(N[C@H]1CC[C@@H](N(C[C@H](O)[C@@H](O)[C@H]2CCOC(c3ccccc3)O2)C[C@H](O)[C@@H](O)C2OC(c3ccccc3)OC[C@H]2O)CC1)OCC1c2ccccc2-c2ccccc21. The van der Waals surface area contributed by atoms with Crippen LogP contribution in [-0.2, 0) is 23.7 Å². The number of nitrogens with one attached hydrogen (secondary N) is 1. The van der Waals surface area contributed by atoms with Crippen molar-refractivity contribution in [3.63, 3.8) is 0 Å². The van der Waals surface area contributed by atoms with Crippen molar-refractivity contribution in [1.82, 2.24) is 10.2 Å². The van der Waals surface area contributed by atoms with E-state index in [9.17, 15) is 30.3 Å². The molecule has 4 aromatic carbocycles. The molecule has 320 valence electrons. The van der Waals surface area contributed by atoms with E-state index in [1.165, 1.54) is 0 Å². The molecule has 0 radical (unpaired) electrons. The van der Waals surface area contributed by atoms with Crippen LogP contribution in [0.5, 0.6) is 0 Å². The maximum absolute atomic E-state index is 13.2. The standard InChI is InChI=1S/C47H56N2O11/c50-38(42(53)41-23-24-56-45(59-41)29-11-3-1-4-12-29)25-49(26-39(51)43(54)44-40(52)28-57-46(60-44)30-13-5-2-6-14-30)32-21-19-31(20-22-32)48-47(55)58-27-37-35-17-9-7-15-33(35)34-16-8-10-18-36(34)37/h1-18,31-32,37-46,50-54H,19-28H2,(H,48,55)/t31-,32+,38-,39-,40+,41+,42+,43+,44?,45?,46?/m0/s1. The lowest BCUT2D eigenvalue weighted by atomic mass is 9.89. The average molecular weight is 825 g/mol. The molecule has 3 fully saturated rings. The third kappa shape index (κ3) is 9.77. The highest BCUT2D eigenvalue weighted by Crippen LogP contribution is 2.44. The molecular weight excluding hydrogens is 769 g/mol. The molecule has 0 aromatic heterocycles. The number of carbonyl (C=O) groups excluding carboxylic acids is 1. The molecule has 1 saturated carbocycles. The molecule has 9 atom stereocenters. The van der Waals surface area contributed by atoms with E-state index in [0.717, 1.165) is 27.8 Å². The minimum Gasteiger partial charge on any atom is -0.449 e. The van der Waals surface area contributed by atoms with Gasteiger partial charge in [-0.15, -0.1) is 0 Å². The number of carbonyl (C=O) groups is 1. The summed E-state index contributed by atoms with van der Waals surface area (Å²) >= 11 is 0. The number of benzene rings is 4. The molecule has 4 aromatic rings. The van der Waals surface area contributed by atoms with E-state index in [0.29, 0.717) is 44.3 Å². The van der Waals surface area contributed by atoms with Gasteiger partial charge in [0.1, 0.15) is 31.0 Å². The summed E-state index contributed by atoms with van der Waals surface area (Å²) in [7, 11) is 0. The number of amides is 1. The fraction of sp³-hybridized carbons (Fsp3) is 0.468. The predicted octanol–water partition coefficient (Wildman–Crippen LogP) is 4.56. The maximum atomic E-state index is 13.2. The number of rotatable bonds is 14. The van der Waals surface area contributed by atoms with Gasteiger partial charge in [-0.05, 0) is 54.4 Å². The lowest BCUT2D eigenvalue weighted by molar-refractivity contribution is -0.283. The van der Waals surface area contributed by atoms with Crippen LogP contribution in [0.3, 0.4) is 0 Å².